The molecular weight excluding hydrogens is 444 g/mol. The fourth-order valence-corrected chi connectivity index (χ4v) is 4.78. The Morgan fingerprint density at radius 3 is 1.23 bits per heavy atom. The van der Waals surface area contributed by atoms with E-state index < -0.39 is 21.6 Å². The second-order valence-corrected chi connectivity index (χ2v) is 9.02. The van der Waals surface area contributed by atoms with E-state index in [2.05, 4.69) is 0 Å². The van der Waals surface area contributed by atoms with E-state index >= 15 is 0 Å². The summed E-state index contributed by atoms with van der Waals surface area (Å²) in [6.45, 7) is 0. The van der Waals surface area contributed by atoms with Crippen molar-refractivity contribution < 1.29 is 37.6 Å². The van der Waals surface area contributed by atoms with Gasteiger partial charge in [-0.25, -0.2) is 0 Å². The quantitative estimate of drug-likeness (QED) is 0.547. The van der Waals surface area contributed by atoms with Crippen molar-refractivity contribution in [1.82, 2.24) is 0 Å². The van der Waals surface area contributed by atoms with Crippen molar-refractivity contribution in [2.45, 2.75) is 0 Å². The number of aromatic hydroxyl groups is 2. The van der Waals surface area contributed by atoms with Gasteiger partial charge in [-0.3, -0.25) is 8.42 Å². The molecule has 2 aromatic rings. The smallest absolute Gasteiger partial charge is 0.133 e. The van der Waals surface area contributed by atoms with Crippen LogP contribution in [0.3, 0.4) is 0 Å². The lowest BCUT2D eigenvalue weighted by atomic mass is 10.1. The number of hydrogen-bond acceptors (Lipinski definition) is 8. The molecule has 0 aliphatic carbocycles. The highest BCUT2D eigenvalue weighted by atomic mass is 32.2. The summed E-state index contributed by atoms with van der Waals surface area (Å²) >= 11 is 0. The van der Waals surface area contributed by atoms with Crippen LogP contribution in [0, 0.1) is 0 Å². The van der Waals surface area contributed by atoms with Gasteiger partial charge in [-0.15, -0.1) is 0 Å². The Kier molecular flexibility index (Phi) is 8.95. The number of methoxy groups -OCH3 is 4. The van der Waals surface area contributed by atoms with Crippen molar-refractivity contribution in [2.24, 2.45) is 0 Å². The Hall–Kier alpha value is -2.98. The first kappa shape index (κ1) is 24.3. The van der Waals surface area contributed by atoms with Gasteiger partial charge in [-0.05, 0) is 12.2 Å². The fraction of sp³-hybridized carbons (Fsp3) is 0.238. The Morgan fingerprint density at radius 1 is 0.677 bits per heavy atom. The zero-order valence-electron chi connectivity index (χ0n) is 17.5. The van der Waals surface area contributed by atoms with E-state index in [0.29, 0.717) is 34.1 Å². The zero-order chi connectivity index (χ0) is 23.0. The highest BCUT2D eigenvalue weighted by molar-refractivity contribution is 8.04. The van der Waals surface area contributed by atoms with E-state index in [0.717, 1.165) is 0 Å². The first-order valence-electron chi connectivity index (χ1n) is 8.83. The minimum atomic E-state index is -1.56. The highest BCUT2D eigenvalue weighted by Crippen LogP contribution is 2.35. The molecule has 2 unspecified atom stereocenters. The van der Waals surface area contributed by atoms with Crippen LogP contribution < -0.4 is 18.9 Å². The minimum absolute atomic E-state index is 0.0294. The molecule has 0 saturated carbocycles. The van der Waals surface area contributed by atoms with Gasteiger partial charge in [-0.2, -0.15) is 0 Å². The maximum absolute atomic E-state index is 12.4. The minimum Gasteiger partial charge on any atom is -0.508 e. The molecule has 0 bridgehead atoms. The summed E-state index contributed by atoms with van der Waals surface area (Å²) in [5, 5.41) is 22.0. The van der Waals surface area contributed by atoms with Gasteiger partial charge in [0.15, 0.2) is 0 Å². The second kappa shape index (κ2) is 11.4. The largest absolute Gasteiger partial charge is 0.508 e. The van der Waals surface area contributed by atoms with E-state index in [4.69, 9.17) is 18.9 Å². The topological polar surface area (TPSA) is 112 Å². The van der Waals surface area contributed by atoms with E-state index in [9.17, 15) is 18.6 Å². The molecular formula is C21H24O8S2. The number of rotatable bonds is 10. The summed E-state index contributed by atoms with van der Waals surface area (Å²) in [6, 6.07) is 5.63. The lowest BCUT2D eigenvalue weighted by molar-refractivity contribution is 0.383. The third-order valence-electron chi connectivity index (χ3n) is 4.06. The molecule has 2 aromatic carbocycles. The molecule has 8 nitrogen and oxygen atoms in total. The van der Waals surface area contributed by atoms with Crippen LogP contribution in [0.4, 0.5) is 0 Å². The number of benzene rings is 2. The SMILES string of the molecule is COc1cc(O)cc(OC)c1C=CS(=O)CS(=O)C=Cc1c(OC)cc(O)cc1OC. The zero-order valence-corrected chi connectivity index (χ0v) is 19.1. The normalized spacial score (nSPS) is 13.3. The molecule has 0 fully saturated rings. The van der Waals surface area contributed by atoms with Crippen molar-refractivity contribution in [3.8, 4) is 34.5 Å². The molecule has 0 amide bonds. The lowest BCUT2D eigenvalue weighted by Gasteiger charge is -2.11. The molecule has 0 spiro atoms. The lowest BCUT2D eigenvalue weighted by Crippen LogP contribution is -2.00. The van der Waals surface area contributed by atoms with Gasteiger partial charge in [-0.1, -0.05) is 0 Å². The third-order valence-corrected chi connectivity index (χ3v) is 6.80. The summed E-state index contributed by atoms with van der Waals surface area (Å²) in [5.74, 6) is 1.32. The monoisotopic (exact) mass is 468 g/mol. The van der Waals surface area contributed by atoms with Gasteiger partial charge in [0, 0.05) is 35.1 Å². The van der Waals surface area contributed by atoms with E-state index in [-0.39, 0.29) is 16.6 Å². The van der Waals surface area contributed by atoms with Gasteiger partial charge in [0.2, 0.25) is 0 Å². The van der Waals surface area contributed by atoms with Crippen LogP contribution in [0.15, 0.2) is 35.1 Å². The first-order valence-corrected chi connectivity index (χ1v) is 11.6. The molecule has 2 N–H and O–H groups in total. The van der Waals surface area contributed by atoms with Crippen LogP contribution in [0.1, 0.15) is 11.1 Å². The van der Waals surface area contributed by atoms with Gasteiger partial charge >= 0.3 is 0 Å². The molecule has 31 heavy (non-hydrogen) atoms. The van der Waals surface area contributed by atoms with Gasteiger partial charge < -0.3 is 29.2 Å². The average molecular weight is 469 g/mol. The third kappa shape index (κ3) is 6.50. The van der Waals surface area contributed by atoms with Crippen LogP contribution in [-0.2, 0) is 21.6 Å². The number of hydrogen-bond donors (Lipinski definition) is 2. The summed E-state index contributed by atoms with van der Waals surface area (Å²) in [5.41, 5.74) is 0.993. The predicted octanol–water partition coefficient (Wildman–Crippen LogP) is 3.23. The first-order chi connectivity index (χ1) is 14.8. The fourth-order valence-electron chi connectivity index (χ4n) is 2.66. The van der Waals surface area contributed by atoms with Crippen molar-refractivity contribution in [3.63, 3.8) is 0 Å². The molecule has 0 heterocycles. The number of phenolic OH excluding ortho intramolecular Hbond substituents is 2. The van der Waals surface area contributed by atoms with Crippen LogP contribution in [0.2, 0.25) is 0 Å². The van der Waals surface area contributed by atoms with Crippen molar-refractivity contribution in [2.75, 3.05) is 33.5 Å². The second-order valence-electron chi connectivity index (χ2n) is 6.01. The van der Waals surface area contributed by atoms with Crippen LogP contribution in [-0.4, -0.2) is 52.2 Å². The molecule has 0 aromatic heterocycles. The maximum Gasteiger partial charge on any atom is 0.133 e. The van der Waals surface area contributed by atoms with Crippen LogP contribution in [0.5, 0.6) is 34.5 Å². The number of ether oxygens (including phenoxy) is 4. The summed E-state index contributed by atoms with van der Waals surface area (Å²) in [7, 11) is 2.63. The van der Waals surface area contributed by atoms with Gasteiger partial charge in [0.25, 0.3) is 0 Å². The van der Waals surface area contributed by atoms with Gasteiger partial charge in [0.1, 0.15) is 39.6 Å². The maximum atomic E-state index is 12.4. The summed E-state index contributed by atoms with van der Waals surface area (Å²) in [6.07, 6.45) is 3.06. The number of phenols is 2. The van der Waals surface area contributed by atoms with Crippen molar-refractivity contribution >= 4 is 33.8 Å². The molecule has 0 aliphatic heterocycles. The molecule has 2 rings (SSSR count). The van der Waals surface area contributed by atoms with Crippen LogP contribution >= 0.6 is 0 Å². The standard InChI is InChI=1S/C21H24O8S2/c1-26-18-9-14(22)10-19(27-2)16(18)5-7-30(24)13-31(25)8-6-17-20(28-3)11-15(23)12-21(17)29-4/h5-12,22-23H,13H2,1-4H3. The summed E-state index contributed by atoms with van der Waals surface area (Å²) in [4.78, 5) is 0. The predicted molar refractivity (Wildman–Crippen MR) is 122 cm³/mol. The Bertz CT molecular complexity index is 899. The van der Waals surface area contributed by atoms with E-state index in [1.165, 1.54) is 75.7 Å². The Morgan fingerprint density at radius 2 is 0.968 bits per heavy atom. The average Bonchev–Trinajstić information content (AvgIpc) is 2.75. The summed E-state index contributed by atoms with van der Waals surface area (Å²) < 4.78 is 45.6. The van der Waals surface area contributed by atoms with E-state index in [1.54, 1.807) is 0 Å². The molecule has 0 saturated heterocycles. The highest BCUT2D eigenvalue weighted by Gasteiger charge is 2.12. The Labute approximate surface area is 185 Å². The van der Waals surface area contributed by atoms with Crippen molar-refractivity contribution in [3.05, 3.63) is 46.2 Å². The molecule has 2 atom stereocenters. The van der Waals surface area contributed by atoms with Crippen LogP contribution in [0.25, 0.3) is 12.2 Å². The Balaban J connectivity index is 2.15. The molecule has 0 radical (unpaired) electrons. The molecule has 0 aliphatic rings. The molecule has 168 valence electrons. The van der Waals surface area contributed by atoms with Gasteiger partial charge in [0.05, 0.1) is 61.2 Å². The molecule has 10 heteroatoms. The van der Waals surface area contributed by atoms with Crippen molar-refractivity contribution in [1.29, 1.82) is 0 Å². The van der Waals surface area contributed by atoms with E-state index in [1.807, 2.05) is 0 Å².